The second kappa shape index (κ2) is 22.4. The molecule has 54 heavy (non-hydrogen) atoms. The van der Waals surface area contributed by atoms with Crippen molar-refractivity contribution >= 4 is 36.1 Å². The molecule has 0 aliphatic rings. The number of hydrogen-bond donors (Lipinski definition) is 2. The third kappa shape index (κ3) is 12.5. The zero-order valence-electron chi connectivity index (χ0n) is 31.5. The first-order chi connectivity index (χ1) is 26.1. The van der Waals surface area contributed by atoms with E-state index in [1.165, 1.54) is 31.4 Å². The summed E-state index contributed by atoms with van der Waals surface area (Å²) >= 11 is 0. The highest BCUT2D eigenvalue weighted by molar-refractivity contribution is 6.00. The standard InChI is InChI=1S/C39H50N4O11/c1-6-9-11-16-29(31(7-2)43(26-44)53-24-27-14-12-10-13-15-27)37(47)40-25-41-38(48)33-20-19-32(54-33)28-17-18-30(34(21-28)52-8-3)39(49)42(22-35(45)50-4)23-36(46)51-5/h10,12-15,17-21,26,29,31H,6-9,11,16,22-25H2,1-5H3,(H,40,47)(H,41,48)/t29-,31-/m1/s1. The van der Waals surface area contributed by atoms with Gasteiger partial charge in [-0.05, 0) is 49.6 Å². The van der Waals surface area contributed by atoms with Gasteiger partial charge in [-0.15, -0.1) is 0 Å². The Kier molecular flexibility index (Phi) is 17.7. The largest absolute Gasteiger partial charge is 0.493 e. The van der Waals surface area contributed by atoms with Gasteiger partial charge in [0.05, 0.1) is 45.0 Å². The topological polar surface area (TPSA) is 183 Å². The Labute approximate surface area is 315 Å². The molecule has 3 rings (SSSR count). The van der Waals surface area contributed by atoms with Crippen LogP contribution >= 0.6 is 0 Å². The highest BCUT2D eigenvalue weighted by atomic mass is 16.7. The normalized spacial score (nSPS) is 11.8. The summed E-state index contributed by atoms with van der Waals surface area (Å²) in [6.45, 7) is 4.86. The van der Waals surface area contributed by atoms with Crippen molar-refractivity contribution in [2.75, 3.05) is 40.6 Å². The number of ether oxygens (including phenoxy) is 3. The Hall–Kier alpha value is -5.70. The number of hydroxylamine groups is 2. The van der Waals surface area contributed by atoms with E-state index in [1.54, 1.807) is 25.1 Å². The number of nitrogens with one attached hydrogen (secondary N) is 2. The van der Waals surface area contributed by atoms with Crippen molar-refractivity contribution in [2.45, 2.75) is 65.5 Å². The molecular formula is C39H50N4O11. The van der Waals surface area contributed by atoms with Crippen LogP contribution in [0.3, 0.4) is 0 Å². The first-order valence-corrected chi connectivity index (χ1v) is 17.9. The van der Waals surface area contributed by atoms with E-state index >= 15 is 0 Å². The predicted octanol–water partition coefficient (Wildman–Crippen LogP) is 4.50. The molecule has 4 amide bonds. The lowest BCUT2D eigenvalue weighted by Crippen LogP contribution is -2.48. The van der Waals surface area contributed by atoms with E-state index in [1.807, 2.05) is 37.3 Å². The van der Waals surface area contributed by atoms with Gasteiger partial charge in [-0.25, -0.2) is 5.06 Å². The van der Waals surface area contributed by atoms with Crippen molar-refractivity contribution in [3.8, 4) is 17.1 Å². The molecule has 0 bridgehead atoms. The van der Waals surface area contributed by atoms with Crippen LogP contribution in [0.25, 0.3) is 11.3 Å². The Morgan fingerprint density at radius 2 is 1.57 bits per heavy atom. The van der Waals surface area contributed by atoms with Gasteiger partial charge in [-0.1, -0.05) is 69.5 Å². The Morgan fingerprint density at radius 1 is 0.870 bits per heavy atom. The van der Waals surface area contributed by atoms with Crippen LogP contribution in [0.1, 0.15) is 79.4 Å². The average Bonchev–Trinajstić information content (AvgIpc) is 3.69. The van der Waals surface area contributed by atoms with Gasteiger partial charge in [0.1, 0.15) is 31.2 Å². The van der Waals surface area contributed by atoms with Crippen LogP contribution in [0.5, 0.6) is 5.75 Å². The smallest absolute Gasteiger partial charge is 0.325 e. The monoisotopic (exact) mass is 750 g/mol. The molecule has 0 aliphatic carbocycles. The van der Waals surface area contributed by atoms with Crippen LogP contribution < -0.4 is 15.4 Å². The molecule has 0 aliphatic heterocycles. The highest BCUT2D eigenvalue weighted by Crippen LogP contribution is 2.30. The number of furan rings is 1. The first-order valence-electron chi connectivity index (χ1n) is 17.9. The fourth-order valence-corrected chi connectivity index (χ4v) is 5.66. The van der Waals surface area contributed by atoms with Crippen molar-refractivity contribution in [1.29, 1.82) is 0 Å². The lowest BCUT2D eigenvalue weighted by Gasteiger charge is -2.32. The minimum absolute atomic E-state index is 0.0351. The van der Waals surface area contributed by atoms with Gasteiger partial charge in [0.2, 0.25) is 12.3 Å². The number of carbonyl (C=O) groups excluding carboxylic acids is 6. The van der Waals surface area contributed by atoms with Gasteiger partial charge in [0, 0.05) is 5.56 Å². The second-order valence-electron chi connectivity index (χ2n) is 12.1. The molecule has 292 valence electrons. The average molecular weight is 751 g/mol. The number of carbonyl (C=O) groups is 6. The third-order valence-corrected chi connectivity index (χ3v) is 8.51. The van der Waals surface area contributed by atoms with Crippen molar-refractivity contribution in [2.24, 2.45) is 5.92 Å². The van der Waals surface area contributed by atoms with Gasteiger partial charge in [-0.2, -0.15) is 0 Å². The summed E-state index contributed by atoms with van der Waals surface area (Å²) in [7, 11) is 2.33. The van der Waals surface area contributed by atoms with Gasteiger partial charge in [-0.3, -0.25) is 33.6 Å². The number of nitrogens with zero attached hydrogens (tertiary/aromatic N) is 2. The number of amides is 4. The van der Waals surface area contributed by atoms with Gasteiger partial charge in [0.25, 0.3) is 11.8 Å². The molecular weight excluding hydrogens is 700 g/mol. The summed E-state index contributed by atoms with van der Waals surface area (Å²) in [6.07, 6.45) is 4.24. The van der Waals surface area contributed by atoms with Crippen molar-refractivity contribution < 1.29 is 52.2 Å². The Balaban J connectivity index is 1.70. The van der Waals surface area contributed by atoms with Crippen LogP contribution in [0.2, 0.25) is 0 Å². The lowest BCUT2D eigenvalue weighted by atomic mass is 9.90. The minimum atomic E-state index is -0.728. The summed E-state index contributed by atoms with van der Waals surface area (Å²) in [5.41, 5.74) is 1.43. The summed E-state index contributed by atoms with van der Waals surface area (Å²) in [4.78, 5) is 82.9. The first kappa shape index (κ1) is 42.7. The van der Waals surface area contributed by atoms with Crippen LogP contribution in [-0.4, -0.2) is 92.7 Å². The van der Waals surface area contributed by atoms with E-state index in [9.17, 15) is 28.8 Å². The summed E-state index contributed by atoms with van der Waals surface area (Å²) in [6, 6.07) is 16.5. The predicted molar refractivity (Wildman–Crippen MR) is 197 cm³/mol. The van der Waals surface area contributed by atoms with E-state index in [-0.39, 0.29) is 48.6 Å². The summed E-state index contributed by atoms with van der Waals surface area (Å²) in [5.74, 6) is -3.22. The van der Waals surface area contributed by atoms with Gasteiger partial charge < -0.3 is 34.2 Å². The molecule has 0 fully saturated rings. The number of unbranched alkanes of at least 4 members (excludes halogenated alkanes) is 2. The molecule has 2 atom stereocenters. The molecule has 15 nitrogen and oxygen atoms in total. The SMILES string of the molecule is CCCCC[C@@H](C(=O)NCNC(=O)c1ccc(-c2ccc(C(=O)N(CC(=O)OC)CC(=O)OC)c(OCC)c2)o1)[C@@H](CC)N(C=O)OCc1ccccc1. The quantitative estimate of drug-likeness (QED) is 0.0458. The number of methoxy groups -OCH3 is 2. The maximum absolute atomic E-state index is 13.5. The van der Waals surface area contributed by atoms with Crippen molar-refractivity contribution in [3.63, 3.8) is 0 Å². The van der Waals surface area contributed by atoms with E-state index in [2.05, 4.69) is 27.0 Å². The molecule has 2 N–H and O–H groups in total. The molecule has 2 aromatic carbocycles. The maximum atomic E-state index is 13.5. The minimum Gasteiger partial charge on any atom is -0.493 e. The van der Waals surface area contributed by atoms with Crippen LogP contribution in [0.4, 0.5) is 0 Å². The Morgan fingerprint density at radius 3 is 2.19 bits per heavy atom. The third-order valence-electron chi connectivity index (χ3n) is 8.51. The summed E-state index contributed by atoms with van der Waals surface area (Å²) in [5, 5.41) is 6.63. The van der Waals surface area contributed by atoms with Crippen LogP contribution in [0, 0.1) is 5.92 Å². The molecule has 1 aromatic heterocycles. The van der Waals surface area contributed by atoms with Crippen molar-refractivity contribution in [3.05, 3.63) is 77.6 Å². The molecule has 3 aromatic rings. The molecule has 15 heteroatoms. The highest BCUT2D eigenvalue weighted by Gasteiger charge is 2.32. The molecule has 0 spiro atoms. The number of benzene rings is 2. The molecule has 0 saturated heterocycles. The van der Waals surface area contributed by atoms with E-state index in [0.717, 1.165) is 29.7 Å². The molecule has 0 radical (unpaired) electrons. The van der Waals surface area contributed by atoms with Gasteiger partial charge in [0.15, 0.2) is 5.76 Å². The van der Waals surface area contributed by atoms with Gasteiger partial charge >= 0.3 is 11.9 Å². The maximum Gasteiger partial charge on any atom is 0.325 e. The molecule has 1 heterocycles. The van der Waals surface area contributed by atoms with E-state index in [4.69, 9.17) is 14.0 Å². The summed E-state index contributed by atoms with van der Waals surface area (Å²) < 4.78 is 20.9. The van der Waals surface area contributed by atoms with E-state index < -0.39 is 48.8 Å². The second-order valence-corrected chi connectivity index (χ2v) is 12.1. The zero-order chi connectivity index (χ0) is 39.5. The van der Waals surface area contributed by atoms with Crippen molar-refractivity contribution in [1.82, 2.24) is 20.6 Å². The number of hydrogen-bond acceptors (Lipinski definition) is 11. The zero-order valence-corrected chi connectivity index (χ0v) is 31.5. The lowest BCUT2D eigenvalue weighted by molar-refractivity contribution is -0.200. The van der Waals surface area contributed by atoms with Crippen LogP contribution in [0.15, 0.2) is 65.1 Å². The fourth-order valence-electron chi connectivity index (χ4n) is 5.66. The van der Waals surface area contributed by atoms with E-state index in [0.29, 0.717) is 24.8 Å². The Bertz CT molecular complexity index is 1680. The number of esters is 2. The number of rotatable bonds is 23. The fraction of sp³-hybridized carbons (Fsp3) is 0.436. The molecule has 0 saturated carbocycles. The van der Waals surface area contributed by atoms with Crippen LogP contribution in [-0.2, 0) is 40.1 Å². The molecule has 0 unspecified atom stereocenters.